The minimum atomic E-state index is -0.424. The summed E-state index contributed by atoms with van der Waals surface area (Å²) in [6.45, 7) is -0.107. The number of nitrogens with zero attached hydrogens (tertiary/aromatic N) is 3. The highest BCUT2D eigenvalue weighted by Crippen LogP contribution is 2.36. The molecule has 0 bridgehead atoms. The van der Waals surface area contributed by atoms with Gasteiger partial charge in [-0.25, -0.2) is 5.84 Å². The van der Waals surface area contributed by atoms with Gasteiger partial charge in [-0.2, -0.15) is 5.10 Å². The fourth-order valence-electron chi connectivity index (χ4n) is 2.90. The van der Waals surface area contributed by atoms with Gasteiger partial charge < -0.3 is 4.90 Å². The molecule has 23 heavy (non-hydrogen) atoms. The molecule has 1 aliphatic rings. The predicted molar refractivity (Wildman–Crippen MR) is 84.5 cm³/mol. The van der Waals surface area contributed by atoms with E-state index in [1.807, 2.05) is 12.1 Å². The van der Waals surface area contributed by atoms with Crippen molar-refractivity contribution in [3.63, 3.8) is 0 Å². The summed E-state index contributed by atoms with van der Waals surface area (Å²) in [4.78, 5) is 25.8. The van der Waals surface area contributed by atoms with E-state index in [0.29, 0.717) is 17.0 Å². The summed E-state index contributed by atoms with van der Waals surface area (Å²) < 4.78 is 1.68. The van der Waals surface area contributed by atoms with Crippen LogP contribution >= 0.6 is 11.6 Å². The largest absolute Gasteiger partial charge is 0.322 e. The number of fused-ring (bicyclic) bond motifs is 1. The zero-order chi connectivity index (χ0) is 16.6. The minimum Gasteiger partial charge on any atom is -0.322 e. The molecular formula is C15H16ClN5O2. The monoisotopic (exact) mass is 333 g/mol. The maximum atomic E-state index is 12.6. The molecule has 120 valence electrons. The van der Waals surface area contributed by atoms with E-state index >= 15 is 0 Å². The molecule has 1 unspecified atom stereocenters. The van der Waals surface area contributed by atoms with E-state index < -0.39 is 5.91 Å². The van der Waals surface area contributed by atoms with Gasteiger partial charge in [0.2, 0.25) is 0 Å². The average molecular weight is 334 g/mol. The van der Waals surface area contributed by atoms with Crippen LogP contribution in [0.1, 0.15) is 27.7 Å². The molecule has 0 saturated heterocycles. The zero-order valence-corrected chi connectivity index (χ0v) is 13.2. The lowest BCUT2D eigenvalue weighted by Gasteiger charge is -2.24. The second-order valence-electron chi connectivity index (χ2n) is 5.37. The van der Waals surface area contributed by atoms with Crippen molar-refractivity contribution in [2.24, 2.45) is 12.9 Å². The van der Waals surface area contributed by atoms with E-state index in [0.717, 1.165) is 11.3 Å². The summed E-state index contributed by atoms with van der Waals surface area (Å²) in [6, 6.07) is 7.04. The van der Waals surface area contributed by atoms with Crippen molar-refractivity contribution in [2.75, 3.05) is 6.54 Å². The van der Waals surface area contributed by atoms with E-state index in [1.165, 1.54) is 4.90 Å². The van der Waals surface area contributed by atoms with Gasteiger partial charge in [0.15, 0.2) is 0 Å². The van der Waals surface area contributed by atoms with Crippen molar-refractivity contribution in [1.82, 2.24) is 20.1 Å². The van der Waals surface area contributed by atoms with Crippen LogP contribution in [-0.4, -0.2) is 33.0 Å². The van der Waals surface area contributed by atoms with Gasteiger partial charge in [-0.3, -0.25) is 19.7 Å². The number of hydrogen-bond donors (Lipinski definition) is 2. The highest BCUT2D eigenvalue weighted by molar-refractivity contribution is 6.31. The highest BCUT2D eigenvalue weighted by atomic mass is 35.5. The molecule has 1 atom stereocenters. The second-order valence-corrected chi connectivity index (χ2v) is 5.78. The fourth-order valence-corrected chi connectivity index (χ4v) is 3.14. The number of hydrazine groups is 1. The standard InChI is InChI=1S/C15H16ClN5O2/c1-20-13(11(16)7-18-20)6-12-9-4-2-3-5-10(9)15(23)21(12)8-14(22)19-17/h2-5,7,12H,6,8,17H2,1H3,(H,19,22). The summed E-state index contributed by atoms with van der Waals surface area (Å²) >= 11 is 6.18. The Labute approximate surface area is 138 Å². The number of nitrogens with two attached hydrogens (primary N) is 1. The van der Waals surface area contributed by atoms with E-state index in [9.17, 15) is 9.59 Å². The van der Waals surface area contributed by atoms with Gasteiger partial charge in [0, 0.05) is 19.0 Å². The van der Waals surface area contributed by atoms with Crippen LogP contribution in [0.15, 0.2) is 30.5 Å². The second kappa shape index (κ2) is 6.02. The van der Waals surface area contributed by atoms with E-state index in [-0.39, 0.29) is 18.5 Å². The Balaban J connectivity index is 1.99. The lowest BCUT2D eigenvalue weighted by atomic mass is 10.0. The van der Waals surface area contributed by atoms with Crippen molar-refractivity contribution in [2.45, 2.75) is 12.5 Å². The summed E-state index contributed by atoms with van der Waals surface area (Å²) in [6.07, 6.45) is 2.03. The molecule has 0 fully saturated rings. The van der Waals surface area contributed by atoms with E-state index in [1.54, 1.807) is 30.1 Å². The Morgan fingerprint density at radius 3 is 2.83 bits per heavy atom. The van der Waals surface area contributed by atoms with Crippen LogP contribution < -0.4 is 11.3 Å². The van der Waals surface area contributed by atoms with Gasteiger partial charge in [-0.1, -0.05) is 29.8 Å². The van der Waals surface area contributed by atoms with Crippen molar-refractivity contribution in [1.29, 1.82) is 0 Å². The SMILES string of the molecule is Cn1ncc(Cl)c1CC1c2ccccc2C(=O)N1CC(=O)NN. The predicted octanol–water partition coefficient (Wildman–Crippen LogP) is 0.803. The number of aryl methyl sites for hydroxylation is 1. The van der Waals surface area contributed by atoms with Crippen LogP contribution in [0, 0.1) is 0 Å². The quantitative estimate of drug-likeness (QED) is 0.492. The van der Waals surface area contributed by atoms with Crippen molar-refractivity contribution in [3.8, 4) is 0 Å². The highest BCUT2D eigenvalue weighted by Gasteiger charge is 2.38. The Morgan fingerprint density at radius 1 is 1.43 bits per heavy atom. The van der Waals surface area contributed by atoms with Crippen LogP contribution in [0.2, 0.25) is 5.02 Å². The Bertz CT molecular complexity index is 753. The number of halogens is 1. The van der Waals surface area contributed by atoms with Gasteiger partial charge >= 0.3 is 0 Å². The van der Waals surface area contributed by atoms with Gasteiger partial charge in [-0.15, -0.1) is 0 Å². The third kappa shape index (κ3) is 2.69. The smallest absolute Gasteiger partial charge is 0.255 e. The molecule has 1 aliphatic heterocycles. The van der Waals surface area contributed by atoms with Crippen LogP contribution in [-0.2, 0) is 18.3 Å². The number of amides is 2. The summed E-state index contributed by atoms with van der Waals surface area (Å²) in [5.41, 5.74) is 4.34. The molecule has 2 aromatic rings. The molecule has 8 heteroatoms. The van der Waals surface area contributed by atoms with Gasteiger partial charge in [0.05, 0.1) is 23.0 Å². The number of hydrogen-bond acceptors (Lipinski definition) is 4. The molecule has 3 N–H and O–H groups in total. The van der Waals surface area contributed by atoms with Crippen molar-refractivity contribution >= 4 is 23.4 Å². The molecular weight excluding hydrogens is 318 g/mol. The lowest BCUT2D eigenvalue weighted by molar-refractivity contribution is -0.122. The maximum absolute atomic E-state index is 12.6. The zero-order valence-electron chi connectivity index (χ0n) is 12.5. The summed E-state index contributed by atoms with van der Waals surface area (Å²) in [5, 5.41) is 4.65. The molecule has 3 rings (SSSR count). The van der Waals surface area contributed by atoms with Crippen molar-refractivity contribution < 1.29 is 9.59 Å². The molecule has 7 nitrogen and oxygen atoms in total. The first kappa shape index (κ1) is 15.5. The maximum Gasteiger partial charge on any atom is 0.255 e. The third-order valence-corrected chi connectivity index (χ3v) is 4.38. The number of carbonyl (C=O) groups excluding carboxylic acids is 2. The minimum absolute atomic E-state index is 0.107. The topological polar surface area (TPSA) is 93.2 Å². The summed E-state index contributed by atoms with van der Waals surface area (Å²) in [5.74, 6) is 4.55. The van der Waals surface area contributed by atoms with Gasteiger partial charge in [0.1, 0.15) is 6.54 Å². The van der Waals surface area contributed by atoms with E-state index in [2.05, 4.69) is 10.5 Å². The first-order valence-electron chi connectivity index (χ1n) is 7.08. The first-order chi connectivity index (χ1) is 11.0. The molecule has 0 aliphatic carbocycles. The van der Waals surface area contributed by atoms with Crippen LogP contribution in [0.4, 0.5) is 0 Å². The molecule has 0 spiro atoms. The van der Waals surface area contributed by atoms with Gasteiger partial charge in [-0.05, 0) is 11.6 Å². The van der Waals surface area contributed by atoms with Crippen LogP contribution in [0.3, 0.4) is 0 Å². The number of carbonyl (C=O) groups is 2. The Morgan fingerprint density at radius 2 is 2.17 bits per heavy atom. The number of rotatable bonds is 4. The Kier molecular flexibility index (Phi) is 4.06. The molecule has 1 aromatic carbocycles. The van der Waals surface area contributed by atoms with Gasteiger partial charge in [0.25, 0.3) is 11.8 Å². The lowest BCUT2D eigenvalue weighted by Crippen LogP contribution is -2.42. The number of aromatic nitrogens is 2. The number of nitrogens with one attached hydrogen (secondary N) is 1. The van der Waals surface area contributed by atoms with E-state index in [4.69, 9.17) is 17.4 Å². The molecule has 1 aromatic heterocycles. The average Bonchev–Trinajstić information content (AvgIpc) is 3.01. The molecule has 2 amide bonds. The van der Waals surface area contributed by atoms with Crippen LogP contribution in [0.25, 0.3) is 0 Å². The number of benzene rings is 1. The Hall–Kier alpha value is -2.38. The molecule has 0 radical (unpaired) electrons. The normalized spacial score (nSPS) is 16.6. The molecule has 2 heterocycles. The molecule has 0 saturated carbocycles. The van der Waals surface area contributed by atoms with Crippen LogP contribution in [0.5, 0.6) is 0 Å². The third-order valence-electron chi connectivity index (χ3n) is 4.06. The summed E-state index contributed by atoms with van der Waals surface area (Å²) in [7, 11) is 1.79. The first-order valence-corrected chi connectivity index (χ1v) is 7.46. The fraction of sp³-hybridized carbons (Fsp3) is 0.267. The van der Waals surface area contributed by atoms with Crippen molar-refractivity contribution in [3.05, 3.63) is 52.3 Å².